The second kappa shape index (κ2) is 9.29. The molecule has 2 aliphatic heterocycles. The van der Waals surface area contributed by atoms with Crippen molar-refractivity contribution >= 4 is 11.7 Å². The molecule has 1 saturated heterocycles. The fraction of sp³-hybridized carbons (Fsp3) is 0.300. The number of halogens is 3. The second-order valence-corrected chi connectivity index (χ2v) is 9.83. The number of fused-ring (bicyclic) bond motifs is 5. The number of piperidine rings is 1. The highest BCUT2D eigenvalue weighted by Crippen LogP contribution is 2.45. The van der Waals surface area contributed by atoms with Crippen molar-refractivity contribution in [2.45, 2.75) is 50.0 Å². The number of carbonyl (C=O) groups is 1. The van der Waals surface area contributed by atoms with E-state index in [9.17, 15) is 18.0 Å². The number of amides is 1. The van der Waals surface area contributed by atoms with E-state index in [2.05, 4.69) is 35.1 Å². The summed E-state index contributed by atoms with van der Waals surface area (Å²) in [6.07, 6.45) is 0.404. The van der Waals surface area contributed by atoms with Crippen molar-refractivity contribution in [3.63, 3.8) is 0 Å². The number of ether oxygens (including phenoxy) is 2. The lowest BCUT2D eigenvalue weighted by Crippen LogP contribution is -2.51. The zero-order valence-corrected chi connectivity index (χ0v) is 20.1. The van der Waals surface area contributed by atoms with Crippen LogP contribution >= 0.6 is 0 Å². The van der Waals surface area contributed by atoms with Crippen molar-refractivity contribution < 1.29 is 27.4 Å². The van der Waals surface area contributed by atoms with Crippen LogP contribution < -0.4 is 4.74 Å². The highest BCUT2D eigenvalue weighted by Gasteiger charge is 2.39. The molecule has 3 aromatic rings. The molecule has 1 fully saturated rings. The molecule has 6 rings (SSSR count). The molecular weight excluding hydrogens is 479 g/mol. The molecular formula is C30H26F3NO3. The molecule has 0 saturated carbocycles. The predicted molar refractivity (Wildman–Crippen MR) is 134 cm³/mol. The van der Waals surface area contributed by atoms with Gasteiger partial charge in [-0.25, -0.2) is 4.79 Å². The van der Waals surface area contributed by atoms with Gasteiger partial charge < -0.3 is 9.47 Å². The first kappa shape index (κ1) is 23.6. The van der Waals surface area contributed by atoms with Crippen molar-refractivity contribution in [3.05, 3.63) is 95.6 Å². The number of hydrogen-bond acceptors (Lipinski definition) is 3. The van der Waals surface area contributed by atoms with Crippen molar-refractivity contribution in [2.24, 2.45) is 0 Å². The van der Waals surface area contributed by atoms with Gasteiger partial charge in [0.2, 0.25) is 0 Å². The Morgan fingerprint density at radius 3 is 2.16 bits per heavy atom. The molecule has 2 unspecified atom stereocenters. The highest BCUT2D eigenvalue weighted by atomic mass is 19.4. The van der Waals surface area contributed by atoms with Crippen molar-refractivity contribution in [2.75, 3.05) is 6.61 Å². The smallest absolute Gasteiger partial charge is 0.448 e. The van der Waals surface area contributed by atoms with Crippen LogP contribution in [0.15, 0.2) is 78.9 Å². The highest BCUT2D eigenvalue weighted by molar-refractivity contribution is 5.79. The average molecular weight is 506 g/mol. The van der Waals surface area contributed by atoms with Gasteiger partial charge in [-0.1, -0.05) is 66.7 Å². The van der Waals surface area contributed by atoms with Crippen LogP contribution in [0.5, 0.6) is 5.75 Å². The zero-order valence-electron chi connectivity index (χ0n) is 20.1. The zero-order chi connectivity index (χ0) is 25.6. The topological polar surface area (TPSA) is 38.8 Å². The third-order valence-corrected chi connectivity index (χ3v) is 7.64. The number of nitrogens with zero attached hydrogens (tertiary/aromatic N) is 1. The molecule has 0 radical (unpaired) electrons. The van der Waals surface area contributed by atoms with Gasteiger partial charge in [-0.15, -0.1) is 13.2 Å². The van der Waals surface area contributed by atoms with E-state index in [1.807, 2.05) is 29.2 Å². The lowest BCUT2D eigenvalue weighted by Gasteiger charge is -2.44. The van der Waals surface area contributed by atoms with Crippen LogP contribution in [0.4, 0.5) is 18.0 Å². The van der Waals surface area contributed by atoms with E-state index >= 15 is 0 Å². The van der Waals surface area contributed by atoms with Crippen LogP contribution in [0.2, 0.25) is 0 Å². The molecule has 0 aromatic heterocycles. The summed E-state index contributed by atoms with van der Waals surface area (Å²) in [5.74, 6) is -0.238. The van der Waals surface area contributed by atoms with Gasteiger partial charge in [0.05, 0.1) is 6.04 Å². The van der Waals surface area contributed by atoms with Crippen LogP contribution in [0.25, 0.3) is 16.7 Å². The minimum absolute atomic E-state index is 0.000465. The molecule has 7 heteroatoms. The van der Waals surface area contributed by atoms with Gasteiger partial charge in [0.15, 0.2) is 0 Å². The van der Waals surface area contributed by atoms with Crippen LogP contribution in [-0.2, 0) is 4.74 Å². The van der Waals surface area contributed by atoms with Gasteiger partial charge in [-0.05, 0) is 71.2 Å². The average Bonchev–Trinajstić information content (AvgIpc) is 3.20. The SMILES string of the molecule is O=C(OCC1c2ccccc2-c2ccccc21)N1C2C=C(c3ccc(OC(F)(F)F)cc3)CC1CCC2. The summed E-state index contributed by atoms with van der Waals surface area (Å²) in [4.78, 5) is 15.2. The molecule has 2 atom stereocenters. The Hall–Kier alpha value is -3.74. The van der Waals surface area contributed by atoms with Crippen LogP contribution in [0.3, 0.4) is 0 Å². The molecule has 3 aliphatic rings. The molecule has 4 nitrogen and oxygen atoms in total. The molecule has 0 N–H and O–H groups in total. The summed E-state index contributed by atoms with van der Waals surface area (Å²) >= 11 is 0. The normalized spacial score (nSPS) is 20.6. The molecule has 2 bridgehead atoms. The second-order valence-electron chi connectivity index (χ2n) is 9.83. The largest absolute Gasteiger partial charge is 0.573 e. The maximum absolute atomic E-state index is 13.4. The Balaban J connectivity index is 1.17. The summed E-state index contributed by atoms with van der Waals surface area (Å²) in [7, 11) is 0. The summed E-state index contributed by atoms with van der Waals surface area (Å²) in [5, 5.41) is 0. The standard InChI is InChI=1S/C30H26F3NO3/c31-30(32,33)37-23-14-12-19(13-15-23)20-16-21-6-5-7-22(17-20)34(21)29(35)36-18-28-26-10-3-1-8-24(26)25-9-2-4-11-27(25)28/h1-4,8-16,21-22,28H,5-7,17-18H2. The van der Waals surface area contributed by atoms with Crippen LogP contribution in [0, 0.1) is 0 Å². The first-order valence-corrected chi connectivity index (χ1v) is 12.6. The summed E-state index contributed by atoms with van der Waals surface area (Å²) in [5.41, 5.74) is 6.61. The molecule has 2 heterocycles. The van der Waals surface area contributed by atoms with Gasteiger partial charge >= 0.3 is 12.5 Å². The Labute approximate surface area is 213 Å². The van der Waals surface area contributed by atoms with Gasteiger partial charge in [-0.2, -0.15) is 0 Å². The summed E-state index contributed by atoms with van der Waals surface area (Å²) in [6, 6.07) is 22.4. The quantitative estimate of drug-likeness (QED) is 0.368. The fourth-order valence-electron chi connectivity index (χ4n) is 6.07. The number of rotatable bonds is 4. The number of carbonyl (C=O) groups excluding carboxylic acids is 1. The first-order valence-electron chi connectivity index (χ1n) is 12.6. The summed E-state index contributed by atoms with van der Waals surface area (Å²) in [6.45, 7) is 0.278. The van der Waals surface area contributed by atoms with Crippen molar-refractivity contribution in [3.8, 4) is 16.9 Å². The Morgan fingerprint density at radius 1 is 0.892 bits per heavy atom. The van der Waals surface area contributed by atoms with Gasteiger partial charge in [0.25, 0.3) is 0 Å². The van der Waals surface area contributed by atoms with Crippen LogP contribution in [0.1, 0.15) is 48.3 Å². The Bertz CT molecular complexity index is 1300. The lowest BCUT2D eigenvalue weighted by atomic mass is 9.83. The Morgan fingerprint density at radius 2 is 1.54 bits per heavy atom. The maximum Gasteiger partial charge on any atom is 0.573 e. The molecule has 3 aromatic carbocycles. The van der Waals surface area contributed by atoms with Crippen molar-refractivity contribution in [1.29, 1.82) is 0 Å². The van der Waals surface area contributed by atoms with Gasteiger partial charge in [0.1, 0.15) is 12.4 Å². The minimum atomic E-state index is -4.72. The predicted octanol–water partition coefficient (Wildman–Crippen LogP) is 7.54. The molecule has 0 spiro atoms. The van der Waals surface area contributed by atoms with E-state index in [1.54, 1.807) is 12.1 Å². The molecule has 1 amide bonds. The first-order chi connectivity index (χ1) is 17.9. The van der Waals surface area contributed by atoms with E-state index < -0.39 is 6.36 Å². The number of benzene rings is 3. The van der Waals surface area contributed by atoms with Crippen molar-refractivity contribution in [1.82, 2.24) is 4.90 Å². The fourth-order valence-corrected chi connectivity index (χ4v) is 6.07. The molecule has 190 valence electrons. The monoisotopic (exact) mass is 505 g/mol. The molecule has 1 aliphatic carbocycles. The maximum atomic E-state index is 13.4. The minimum Gasteiger partial charge on any atom is -0.448 e. The van der Waals surface area contributed by atoms with E-state index in [-0.39, 0.29) is 36.5 Å². The van der Waals surface area contributed by atoms with E-state index in [4.69, 9.17) is 4.74 Å². The Kier molecular flexibility index (Phi) is 5.94. The van der Waals surface area contributed by atoms with Crippen LogP contribution in [-0.4, -0.2) is 36.0 Å². The van der Waals surface area contributed by atoms with E-state index in [1.165, 1.54) is 34.4 Å². The summed E-state index contributed by atoms with van der Waals surface area (Å²) < 4.78 is 47.4. The van der Waals surface area contributed by atoms with Gasteiger partial charge in [-0.3, -0.25) is 4.90 Å². The number of alkyl halides is 3. The third kappa shape index (κ3) is 4.59. The lowest BCUT2D eigenvalue weighted by molar-refractivity contribution is -0.274. The van der Waals surface area contributed by atoms with E-state index in [0.717, 1.165) is 30.4 Å². The van der Waals surface area contributed by atoms with Gasteiger partial charge in [0, 0.05) is 12.0 Å². The third-order valence-electron chi connectivity index (χ3n) is 7.64. The number of hydrogen-bond donors (Lipinski definition) is 0. The van der Waals surface area contributed by atoms with E-state index in [0.29, 0.717) is 6.42 Å². The molecule has 37 heavy (non-hydrogen) atoms.